The Labute approximate surface area is 153 Å². The van der Waals surface area contributed by atoms with E-state index in [1.54, 1.807) is 36.2 Å². The number of hydrogen-bond acceptors (Lipinski definition) is 3. The van der Waals surface area contributed by atoms with Crippen molar-refractivity contribution < 1.29 is 14.0 Å². The molecule has 5 heteroatoms. The molecule has 1 aromatic heterocycles. The number of carbonyl (C=O) groups is 2. The summed E-state index contributed by atoms with van der Waals surface area (Å²) in [7, 11) is 1.76. The molecule has 1 N–H and O–H groups in total. The van der Waals surface area contributed by atoms with Gasteiger partial charge in [-0.2, -0.15) is 0 Å². The molecule has 2 unspecified atom stereocenters. The van der Waals surface area contributed by atoms with Crippen LogP contribution in [0.4, 0.5) is 5.69 Å². The Hall–Kier alpha value is -2.82. The number of benzene rings is 1. The van der Waals surface area contributed by atoms with Crippen molar-refractivity contribution in [1.29, 1.82) is 0 Å². The minimum Gasteiger partial charge on any atom is -0.464 e. The largest absolute Gasteiger partial charge is 0.464 e. The van der Waals surface area contributed by atoms with E-state index in [9.17, 15) is 9.59 Å². The molecule has 0 bridgehead atoms. The smallest absolute Gasteiger partial charge is 0.246 e. The highest BCUT2D eigenvalue weighted by atomic mass is 16.3. The number of nitrogens with one attached hydrogen (secondary N) is 1. The zero-order chi connectivity index (χ0) is 18.7. The summed E-state index contributed by atoms with van der Waals surface area (Å²) in [5, 5.41) is 2.71. The van der Waals surface area contributed by atoms with Gasteiger partial charge >= 0.3 is 0 Å². The topological polar surface area (TPSA) is 62.6 Å². The van der Waals surface area contributed by atoms with E-state index in [1.807, 2.05) is 24.3 Å². The van der Waals surface area contributed by atoms with Crippen LogP contribution >= 0.6 is 0 Å². The highest BCUT2D eigenvalue weighted by Crippen LogP contribution is 2.47. The second kappa shape index (κ2) is 7.60. The van der Waals surface area contributed by atoms with Crippen molar-refractivity contribution in [3.05, 3.63) is 59.6 Å². The fourth-order valence-electron chi connectivity index (χ4n) is 2.88. The van der Waals surface area contributed by atoms with Gasteiger partial charge in [-0.3, -0.25) is 9.59 Å². The summed E-state index contributed by atoms with van der Waals surface area (Å²) in [6.07, 6.45) is 4.49. The number of rotatable bonds is 6. The molecule has 0 aliphatic heterocycles. The minimum atomic E-state index is -0.109. The van der Waals surface area contributed by atoms with Crippen LogP contribution in [0.5, 0.6) is 0 Å². The Balaban J connectivity index is 1.54. The van der Waals surface area contributed by atoms with Gasteiger partial charge in [0.05, 0.1) is 6.54 Å². The SMILES string of the molecule is CC(=O)Nc1ccc(/C=C/C(=O)N(C)Cc2ccc(C3CC3C)o2)cc1. The first-order valence-electron chi connectivity index (χ1n) is 8.82. The van der Waals surface area contributed by atoms with Gasteiger partial charge in [0.15, 0.2) is 0 Å². The molecule has 2 amide bonds. The second-order valence-corrected chi connectivity index (χ2v) is 6.95. The maximum absolute atomic E-state index is 12.3. The lowest BCUT2D eigenvalue weighted by Crippen LogP contribution is -2.23. The Morgan fingerprint density at radius 2 is 1.92 bits per heavy atom. The summed E-state index contributed by atoms with van der Waals surface area (Å²) in [6, 6.07) is 11.3. The van der Waals surface area contributed by atoms with Crippen LogP contribution in [0.3, 0.4) is 0 Å². The monoisotopic (exact) mass is 352 g/mol. The molecule has 2 atom stereocenters. The molecule has 0 spiro atoms. The van der Waals surface area contributed by atoms with Crippen LogP contribution < -0.4 is 5.32 Å². The molecule has 136 valence electrons. The molecule has 0 saturated heterocycles. The Morgan fingerprint density at radius 1 is 1.23 bits per heavy atom. The van der Waals surface area contributed by atoms with Gasteiger partial charge in [-0.25, -0.2) is 0 Å². The number of nitrogens with zero attached hydrogens (tertiary/aromatic N) is 1. The van der Waals surface area contributed by atoms with Crippen LogP contribution in [0.15, 0.2) is 46.9 Å². The lowest BCUT2D eigenvalue weighted by molar-refractivity contribution is -0.125. The first kappa shape index (κ1) is 18.0. The number of anilines is 1. The molecule has 3 rings (SSSR count). The summed E-state index contributed by atoms with van der Waals surface area (Å²) in [6.45, 7) is 4.14. The lowest BCUT2D eigenvalue weighted by Gasteiger charge is -2.13. The van der Waals surface area contributed by atoms with E-state index in [4.69, 9.17) is 4.42 Å². The second-order valence-electron chi connectivity index (χ2n) is 6.95. The quantitative estimate of drug-likeness (QED) is 0.798. The number of amides is 2. The van der Waals surface area contributed by atoms with Crippen molar-refractivity contribution in [3.8, 4) is 0 Å². The summed E-state index contributed by atoms with van der Waals surface area (Å²) in [5.41, 5.74) is 1.63. The molecule has 1 aromatic carbocycles. The van der Waals surface area contributed by atoms with Gasteiger partial charge in [0.2, 0.25) is 11.8 Å². The van der Waals surface area contributed by atoms with Crippen LogP contribution in [0.25, 0.3) is 6.08 Å². The number of hydrogen-bond donors (Lipinski definition) is 1. The van der Waals surface area contributed by atoms with Crippen molar-refractivity contribution in [3.63, 3.8) is 0 Å². The van der Waals surface area contributed by atoms with Gasteiger partial charge in [0, 0.05) is 31.7 Å². The molecule has 5 nitrogen and oxygen atoms in total. The van der Waals surface area contributed by atoms with Gasteiger partial charge in [-0.05, 0) is 48.2 Å². The van der Waals surface area contributed by atoms with Gasteiger partial charge in [0.25, 0.3) is 0 Å². The van der Waals surface area contributed by atoms with Gasteiger partial charge in [0.1, 0.15) is 11.5 Å². The fourth-order valence-corrected chi connectivity index (χ4v) is 2.88. The Bertz CT molecular complexity index is 820. The standard InChI is InChI=1S/C21H24N2O3/c1-14-12-19(14)20-10-9-18(26-20)13-23(3)21(25)11-6-16-4-7-17(8-5-16)22-15(2)24/h4-11,14,19H,12-13H2,1-3H3,(H,22,24)/b11-6+. The maximum atomic E-state index is 12.3. The fraction of sp³-hybridized carbons (Fsp3) is 0.333. The first-order chi connectivity index (χ1) is 12.4. The zero-order valence-corrected chi connectivity index (χ0v) is 15.4. The van der Waals surface area contributed by atoms with E-state index in [2.05, 4.69) is 12.2 Å². The van der Waals surface area contributed by atoms with Gasteiger partial charge in [-0.15, -0.1) is 0 Å². The molecule has 26 heavy (non-hydrogen) atoms. The molecule has 1 aliphatic carbocycles. The molecule has 1 saturated carbocycles. The van der Waals surface area contributed by atoms with Crippen molar-refractivity contribution >= 4 is 23.6 Å². The zero-order valence-electron chi connectivity index (χ0n) is 15.4. The number of carbonyl (C=O) groups excluding carboxylic acids is 2. The number of likely N-dealkylation sites (N-methyl/N-ethyl adjacent to an activating group) is 1. The number of furan rings is 1. The van der Waals surface area contributed by atoms with E-state index >= 15 is 0 Å². The molecule has 1 aliphatic rings. The predicted molar refractivity (Wildman–Crippen MR) is 101 cm³/mol. The third kappa shape index (κ3) is 4.63. The van der Waals surface area contributed by atoms with Crippen molar-refractivity contribution in [2.75, 3.05) is 12.4 Å². The van der Waals surface area contributed by atoms with E-state index in [0.717, 1.165) is 22.8 Å². The van der Waals surface area contributed by atoms with E-state index < -0.39 is 0 Å². The van der Waals surface area contributed by atoms with Crippen molar-refractivity contribution in [1.82, 2.24) is 4.90 Å². The third-order valence-corrected chi connectivity index (χ3v) is 4.58. The van der Waals surface area contributed by atoms with Crippen LogP contribution in [0.1, 0.15) is 43.3 Å². The predicted octanol–water partition coefficient (Wildman–Crippen LogP) is 4.03. The summed E-state index contributed by atoms with van der Waals surface area (Å²) in [5.74, 6) is 2.89. The summed E-state index contributed by atoms with van der Waals surface area (Å²) < 4.78 is 5.85. The average Bonchev–Trinajstić information content (AvgIpc) is 3.15. The Kier molecular flexibility index (Phi) is 5.26. The minimum absolute atomic E-state index is 0.0892. The van der Waals surface area contributed by atoms with Crippen LogP contribution in [-0.4, -0.2) is 23.8 Å². The molecular weight excluding hydrogens is 328 g/mol. The molecule has 1 fully saturated rings. The van der Waals surface area contributed by atoms with Gasteiger partial charge in [-0.1, -0.05) is 19.1 Å². The van der Waals surface area contributed by atoms with Crippen LogP contribution in [0, 0.1) is 5.92 Å². The third-order valence-electron chi connectivity index (χ3n) is 4.58. The van der Waals surface area contributed by atoms with Crippen molar-refractivity contribution in [2.24, 2.45) is 5.92 Å². The molecule has 1 heterocycles. The van der Waals surface area contributed by atoms with Crippen molar-refractivity contribution in [2.45, 2.75) is 32.7 Å². The molecule has 0 radical (unpaired) electrons. The highest BCUT2D eigenvalue weighted by Gasteiger charge is 2.36. The first-order valence-corrected chi connectivity index (χ1v) is 8.82. The van der Waals surface area contributed by atoms with E-state index in [1.165, 1.54) is 13.3 Å². The normalized spacial score (nSPS) is 18.7. The lowest BCUT2D eigenvalue weighted by atomic mass is 10.2. The maximum Gasteiger partial charge on any atom is 0.246 e. The summed E-state index contributed by atoms with van der Waals surface area (Å²) >= 11 is 0. The summed E-state index contributed by atoms with van der Waals surface area (Å²) in [4.78, 5) is 24.9. The van der Waals surface area contributed by atoms with Crippen LogP contribution in [0.2, 0.25) is 0 Å². The molecular formula is C21H24N2O3. The average molecular weight is 352 g/mol. The van der Waals surface area contributed by atoms with E-state index in [-0.39, 0.29) is 11.8 Å². The Morgan fingerprint density at radius 3 is 2.54 bits per heavy atom. The molecule has 2 aromatic rings. The van der Waals surface area contributed by atoms with E-state index in [0.29, 0.717) is 18.4 Å². The van der Waals surface area contributed by atoms with Gasteiger partial charge < -0.3 is 14.6 Å². The van der Waals surface area contributed by atoms with Crippen LogP contribution in [-0.2, 0) is 16.1 Å². The highest BCUT2D eigenvalue weighted by molar-refractivity contribution is 5.92.